The Bertz CT molecular complexity index is 663. The van der Waals surface area contributed by atoms with Gasteiger partial charge in [0.15, 0.2) is 0 Å². The van der Waals surface area contributed by atoms with E-state index in [9.17, 15) is 4.79 Å². The van der Waals surface area contributed by atoms with E-state index in [0.29, 0.717) is 22.4 Å². The molecule has 120 valence electrons. The Hall–Kier alpha value is -2.00. The molecule has 2 aromatic carbocycles. The SMILES string of the molecule is O=C(Nc1ccccc1Cl)Oc1ccc(C2CCCCC2)cc1. The van der Waals surface area contributed by atoms with E-state index in [0.717, 1.165) is 0 Å². The van der Waals surface area contributed by atoms with Gasteiger partial charge in [-0.25, -0.2) is 4.79 Å². The number of hydrogen-bond acceptors (Lipinski definition) is 2. The molecule has 3 nitrogen and oxygen atoms in total. The van der Waals surface area contributed by atoms with Crippen LogP contribution in [0.15, 0.2) is 48.5 Å². The highest BCUT2D eigenvalue weighted by molar-refractivity contribution is 6.33. The molecule has 4 heteroatoms. The Morgan fingerprint density at radius 1 is 1.00 bits per heavy atom. The first-order valence-corrected chi connectivity index (χ1v) is 8.43. The van der Waals surface area contributed by atoms with Crippen molar-refractivity contribution in [1.82, 2.24) is 0 Å². The molecule has 0 atom stereocenters. The van der Waals surface area contributed by atoms with Gasteiger partial charge in [-0.3, -0.25) is 5.32 Å². The van der Waals surface area contributed by atoms with Crippen LogP contribution in [0, 0.1) is 0 Å². The predicted molar refractivity (Wildman–Crippen MR) is 93.4 cm³/mol. The third kappa shape index (κ3) is 4.26. The summed E-state index contributed by atoms with van der Waals surface area (Å²) >= 11 is 6.01. The van der Waals surface area contributed by atoms with Crippen molar-refractivity contribution in [3.05, 3.63) is 59.1 Å². The highest BCUT2D eigenvalue weighted by atomic mass is 35.5. The van der Waals surface area contributed by atoms with Crippen LogP contribution in [-0.4, -0.2) is 6.09 Å². The lowest BCUT2D eigenvalue weighted by Crippen LogP contribution is -2.17. The molecule has 2 aromatic rings. The first kappa shape index (κ1) is 15.9. The first-order valence-electron chi connectivity index (χ1n) is 8.06. The number of para-hydroxylation sites is 1. The van der Waals surface area contributed by atoms with Gasteiger partial charge >= 0.3 is 6.09 Å². The number of carbonyl (C=O) groups is 1. The molecule has 1 N–H and O–H groups in total. The number of amides is 1. The number of benzene rings is 2. The predicted octanol–water partition coefficient (Wildman–Crippen LogP) is 6.00. The van der Waals surface area contributed by atoms with E-state index in [2.05, 4.69) is 17.4 Å². The molecule has 1 saturated carbocycles. The third-order valence-electron chi connectivity index (χ3n) is 4.28. The van der Waals surface area contributed by atoms with Crippen molar-refractivity contribution in [3.8, 4) is 5.75 Å². The van der Waals surface area contributed by atoms with Crippen LogP contribution in [-0.2, 0) is 0 Å². The number of hydrogen-bond donors (Lipinski definition) is 1. The summed E-state index contributed by atoms with van der Waals surface area (Å²) in [6.45, 7) is 0. The molecule has 0 spiro atoms. The second kappa shape index (κ2) is 7.51. The zero-order valence-electron chi connectivity index (χ0n) is 12.9. The zero-order valence-corrected chi connectivity index (χ0v) is 13.7. The van der Waals surface area contributed by atoms with E-state index >= 15 is 0 Å². The summed E-state index contributed by atoms with van der Waals surface area (Å²) in [5, 5.41) is 3.13. The molecule has 0 radical (unpaired) electrons. The molecule has 0 saturated heterocycles. The van der Waals surface area contributed by atoms with Crippen molar-refractivity contribution in [2.75, 3.05) is 5.32 Å². The molecular weight excluding hydrogens is 310 g/mol. The number of halogens is 1. The third-order valence-corrected chi connectivity index (χ3v) is 4.61. The van der Waals surface area contributed by atoms with Gasteiger partial charge in [0.1, 0.15) is 5.75 Å². The fraction of sp³-hybridized carbons (Fsp3) is 0.316. The van der Waals surface area contributed by atoms with Gasteiger partial charge in [-0.2, -0.15) is 0 Å². The molecule has 0 bridgehead atoms. The first-order chi connectivity index (χ1) is 11.2. The monoisotopic (exact) mass is 329 g/mol. The standard InChI is InChI=1S/C19H20ClNO2/c20-17-8-4-5-9-18(17)21-19(22)23-16-12-10-15(11-13-16)14-6-2-1-3-7-14/h4-5,8-14H,1-3,6-7H2,(H,21,22). The Morgan fingerprint density at radius 2 is 1.70 bits per heavy atom. The van der Waals surface area contributed by atoms with E-state index in [1.54, 1.807) is 18.2 Å². The molecular formula is C19H20ClNO2. The number of carbonyl (C=O) groups excluding carboxylic acids is 1. The molecule has 1 amide bonds. The summed E-state index contributed by atoms with van der Waals surface area (Å²) in [5.74, 6) is 1.18. The van der Waals surface area contributed by atoms with Crippen LogP contribution in [0.3, 0.4) is 0 Å². The van der Waals surface area contributed by atoms with Crippen LogP contribution in [0.25, 0.3) is 0 Å². The number of anilines is 1. The second-order valence-electron chi connectivity index (χ2n) is 5.90. The topological polar surface area (TPSA) is 38.3 Å². The van der Waals surface area contributed by atoms with Gasteiger partial charge < -0.3 is 4.74 Å². The van der Waals surface area contributed by atoms with E-state index in [4.69, 9.17) is 16.3 Å². The van der Waals surface area contributed by atoms with Gasteiger partial charge in [-0.15, -0.1) is 0 Å². The zero-order chi connectivity index (χ0) is 16.1. The van der Waals surface area contributed by atoms with Crippen LogP contribution in [0.1, 0.15) is 43.6 Å². The minimum Gasteiger partial charge on any atom is -0.410 e. The van der Waals surface area contributed by atoms with Gasteiger partial charge in [0.05, 0.1) is 10.7 Å². The highest BCUT2D eigenvalue weighted by Crippen LogP contribution is 2.33. The normalized spacial score (nSPS) is 15.2. The van der Waals surface area contributed by atoms with Crippen molar-refractivity contribution in [2.45, 2.75) is 38.0 Å². The molecule has 1 fully saturated rings. The van der Waals surface area contributed by atoms with E-state index in [1.807, 2.05) is 18.2 Å². The average Bonchev–Trinajstić information content (AvgIpc) is 2.58. The number of rotatable bonds is 3. The summed E-state index contributed by atoms with van der Waals surface area (Å²) in [6.07, 6.45) is 5.94. The maximum atomic E-state index is 11.9. The Kier molecular flexibility index (Phi) is 5.19. The second-order valence-corrected chi connectivity index (χ2v) is 6.31. The van der Waals surface area contributed by atoms with Crippen molar-refractivity contribution < 1.29 is 9.53 Å². The molecule has 3 rings (SSSR count). The lowest BCUT2D eigenvalue weighted by Gasteiger charge is -2.22. The largest absolute Gasteiger partial charge is 0.417 e. The van der Waals surface area contributed by atoms with Crippen LogP contribution >= 0.6 is 11.6 Å². The summed E-state index contributed by atoms with van der Waals surface area (Å²) in [5.41, 5.74) is 1.88. The Labute approximate surface area is 141 Å². The molecule has 23 heavy (non-hydrogen) atoms. The van der Waals surface area contributed by atoms with Crippen LogP contribution in [0.2, 0.25) is 5.02 Å². The van der Waals surface area contributed by atoms with Crippen LogP contribution < -0.4 is 10.1 Å². The van der Waals surface area contributed by atoms with Crippen molar-refractivity contribution >= 4 is 23.4 Å². The fourth-order valence-electron chi connectivity index (χ4n) is 3.05. The van der Waals surface area contributed by atoms with Gasteiger partial charge in [0.25, 0.3) is 0 Å². The lowest BCUT2D eigenvalue weighted by molar-refractivity contribution is 0.215. The minimum absolute atomic E-state index is 0.483. The maximum Gasteiger partial charge on any atom is 0.417 e. The smallest absolute Gasteiger partial charge is 0.410 e. The molecule has 0 unspecified atom stereocenters. The lowest BCUT2D eigenvalue weighted by atomic mass is 9.84. The van der Waals surface area contributed by atoms with E-state index in [1.165, 1.54) is 37.7 Å². The van der Waals surface area contributed by atoms with Gasteiger partial charge in [0.2, 0.25) is 0 Å². The van der Waals surface area contributed by atoms with Crippen LogP contribution in [0.5, 0.6) is 5.75 Å². The van der Waals surface area contributed by atoms with Crippen LogP contribution in [0.4, 0.5) is 10.5 Å². The summed E-state index contributed by atoms with van der Waals surface area (Å²) in [6, 6.07) is 14.9. The summed E-state index contributed by atoms with van der Waals surface area (Å²) in [7, 11) is 0. The van der Waals surface area contributed by atoms with E-state index in [-0.39, 0.29) is 0 Å². The quantitative estimate of drug-likeness (QED) is 0.750. The van der Waals surface area contributed by atoms with Gasteiger partial charge in [0, 0.05) is 0 Å². The van der Waals surface area contributed by atoms with Crippen molar-refractivity contribution in [1.29, 1.82) is 0 Å². The molecule has 0 aliphatic heterocycles. The Balaban J connectivity index is 1.59. The van der Waals surface area contributed by atoms with Crippen molar-refractivity contribution in [3.63, 3.8) is 0 Å². The van der Waals surface area contributed by atoms with Gasteiger partial charge in [-0.05, 0) is 48.6 Å². The number of nitrogens with one attached hydrogen (secondary N) is 1. The number of ether oxygens (including phenoxy) is 1. The minimum atomic E-state index is -0.538. The van der Waals surface area contributed by atoms with E-state index < -0.39 is 6.09 Å². The molecule has 0 heterocycles. The Morgan fingerprint density at radius 3 is 2.39 bits per heavy atom. The maximum absolute atomic E-state index is 11.9. The van der Waals surface area contributed by atoms with Crippen molar-refractivity contribution in [2.24, 2.45) is 0 Å². The molecule has 0 aromatic heterocycles. The average molecular weight is 330 g/mol. The highest BCUT2D eigenvalue weighted by Gasteiger charge is 2.15. The summed E-state index contributed by atoms with van der Waals surface area (Å²) in [4.78, 5) is 11.9. The fourth-order valence-corrected chi connectivity index (χ4v) is 3.23. The molecule has 1 aliphatic rings. The molecule has 1 aliphatic carbocycles. The summed E-state index contributed by atoms with van der Waals surface area (Å²) < 4.78 is 5.31. The van der Waals surface area contributed by atoms with Gasteiger partial charge in [-0.1, -0.05) is 55.1 Å².